The highest BCUT2D eigenvalue weighted by Gasteiger charge is 2.39. The van der Waals surface area contributed by atoms with Gasteiger partial charge < -0.3 is 5.11 Å². The number of rotatable bonds is 4. The summed E-state index contributed by atoms with van der Waals surface area (Å²) < 4.78 is 0. The first-order chi connectivity index (χ1) is 22.5. The van der Waals surface area contributed by atoms with Gasteiger partial charge in [0.15, 0.2) is 0 Å². The zero-order chi connectivity index (χ0) is 32.3. The molecule has 0 aliphatic heterocycles. The molecule has 8 fully saturated rings. The molecule has 0 aromatic heterocycles. The highest BCUT2D eigenvalue weighted by molar-refractivity contribution is 5.67. The Balaban J connectivity index is 0.000000121. The van der Waals surface area contributed by atoms with Crippen LogP contribution in [-0.2, 0) is 4.79 Å². The van der Waals surface area contributed by atoms with Crippen LogP contribution in [0.3, 0.4) is 0 Å². The molecule has 0 aromatic rings. The number of carbonyl (C=O) groups is 1. The van der Waals surface area contributed by atoms with Gasteiger partial charge in [0, 0.05) is 12.8 Å². The Morgan fingerprint density at radius 1 is 0.543 bits per heavy atom. The molecule has 0 bridgehead atoms. The minimum atomic E-state index is -0.601. The first kappa shape index (κ1) is 36.2. The van der Waals surface area contributed by atoms with Crippen molar-refractivity contribution in [2.24, 2.45) is 71.0 Å². The van der Waals surface area contributed by atoms with Crippen molar-refractivity contribution in [3.63, 3.8) is 0 Å². The van der Waals surface area contributed by atoms with Gasteiger partial charge in [-0.3, -0.25) is 4.79 Å². The maximum absolute atomic E-state index is 10.6. The Morgan fingerprint density at radius 3 is 1.41 bits per heavy atom. The number of hydrogen-bond donors (Lipinski definition) is 1. The average molecular weight is 636 g/mol. The van der Waals surface area contributed by atoms with Gasteiger partial charge in [0.25, 0.3) is 0 Å². The fourth-order valence-electron chi connectivity index (χ4n) is 13.0. The van der Waals surface area contributed by atoms with Crippen molar-refractivity contribution < 1.29 is 9.90 Å². The minimum absolute atomic E-state index is 0.418. The molecule has 0 saturated heterocycles. The number of carboxylic acid groups (broad SMARTS) is 1. The second-order valence-electron chi connectivity index (χ2n) is 17.8. The minimum Gasteiger partial charge on any atom is -0.481 e. The maximum Gasteiger partial charge on any atom is 0.303 e. The van der Waals surface area contributed by atoms with Gasteiger partial charge in [0.2, 0.25) is 0 Å². The second-order valence-corrected chi connectivity index (χ2v) is 17.8. The normalized spacial score (nSPS) is 42.2. The third-order valence-electron chi connectivity index (χ3n) is 15.5. The molecule has 0 radical (unpaired) electrons. The topological polar surface area (TPSA) is 61.1 Å². The lowest BCUT2D eigenvalue weighted by Gasteiger charge is -2.28. The lowest BCUT2D eigenvalue weighted by molar-refractivity contribution is -0.138. The summed E-state index contributed by atoms with van der Waals surface area (Å²) in [4.78, 5) is 10.6. The molecule has 0 spiro atoms. The highest BCUT2D eigenvalue weighted by Crippen LogP contribution is 2.49. The molecule has 8 aliphatic rings. The number of nitriles is 1. The van der Waals surface area contributed by atoms with E-state index >= 15 is 0 Å². The molecule has 3 nitrogen and oxygen atoms in total. The number of hydrogen-bond acceptors (Lipinski definition) is 2. The molecule has 8 aliphatic carbocycles. The molecule has 46 heavy (non-hydrogen) atoms. The number of aliphatic carboxylic acids is 1. The SMILES string of the molecule is CC1CCC2CCCCC12.CCC1CCC2CCCCC12.N#CCC1CCC2CCCCC12.O=C(O)CC1CCC2CCCCC21. The Labute approximate surface area is 284 Å². The lowest BCUT2D eigenvalue weighted by atomic mass is 9.77. The third kappa shape index (κ3) is 9.78. The summed E-state index contributed by atoms with van der Waals surface area (Å²) >= 11 is 0. The van der Waals surface area contributed by atoms with Crippen LogP contribution >= 0.6 is 0 Å². The molecular formula is C43H73NO2. The molecule has 8 saturated carbocycles. The van der Waals surface area contributed by atoms with Gasteiger partial charge >= 0.3 is 5.97 Å². The highest BCUT2D eigenvalue weighted by atomic mass is 16.4. The largest absolute Gasteiger partial charge is 0.481 e. The first-order valence-corrected chi connectivity index (χ1v) is 21.1. The second kappa shape index (κ2) is 18.6. The monoisotopic (exact) mass is 636 g/mol. The Hall–Kier alpha value is -1.04. The van der Waals surface area contributed by atoms with Gasteiger partial charge in [-0.25, -0.2) is 0 Å². The summed E-state index contributed by atoms with van der Waals surface area (Å²) in [5.41, 5.74) is 0. The van der Waals surface area contributed by atoms with E-state index in [1.807, 2.05) is 0 Å². The van der Waals surface area contributed by atoms with E-state index in [2.05, 4.69) is 19.9 Å². The Morgan fingerprint density at radius 2 is 0.935 bits per heavy atom. The van der Waals surface area contributed by atoms with Gasteiger partial charge in [-0.1, -0.05) is 104 Å². The van der Waals surface area contributed by atoms with Crippen LogP contribution in [0.5, 0.6) is 0 Å². The van der Waals surface area contributed by atoms with Crippen molar-refractivity contribution in [2.75, 3.05) is 0 Å². The van der Waals surface area contributed by atoms with Gasteiger partial charge in [-0.2, -0.15) is 5.26 Å². The van der Waals surface area contributed by atoms with Gasteiger partial charge in [-0.15, -0.1) is 0 Å². The predicted octanol–water partition coefficient (Wildman–Crippen LogP) is 12.6. The number of nitrogens with zero attached hydrogens (tertiary/aromatic N) is 1. The molecular weight excluding hydrogens is 562 g/mol. The summed E-state index contributed by atoms with van der Waals surface area (Å²) in [6, 6.07) is 2.34. The van der Waals surface area contributed by atoms with E-state index in [0.717, 1.165) is 71.5 Å². The smallest absolute Gasteiger partial charge is 0.303 e. The van der Waals surface area contributed by atoms with Crippen molar-refractivity contribution in [2.45, 2.75) is 187 Å². The van der Waals surface area contributed by atoms with Crippen molar-refractivity contribution >= 4 is 5.97 Å². The van der Waals surface area contributed by atoms with Crippen LogP contribution in [-0.4, -0.2) is 11.1 Å². The zero-order valence-corrected chi connectivity index (χ0v) is 30.3. The van der Waals surface area contributed by atoms with Crippen LogP contribution < -0.4 is 0 Å². The summed E-state index contributed by atoms with van der Waals surface area (Å²) in [6.07, 6.45) is 37.5. The van der Waals surface area contributed by atoms with Crippen molar-refractivity contribution in [1.29, 1.82) is 5.26 Å². The van der Waals surface area contributed by atoms with E-state index in [9.17, 15) is 4.79 Å². The van der Waals surface area contributed by atoms with E-state index in [0.29, 0.717) is 12.3 Å². The molecule has 262 valence electrons. The van der Waals surface area contributed by atoms with Gasteiger partial charge in [-0.05, 0) is 142 Å². The average Bonchev–Trinajstić information content (AvgIpc) is 3.88. The van der Waals surface area contributed by atoms with Gasteiger partial charge in [0.05, 0.1) is 6.07 Å². The predicted molar refractivity (Wildman–Crippen MR) is 191 cm³/mol. The van der Waals surface area contributed by atoms with Crippen LogP contribution in [0.2, 0.25) is 0 Å². The molecule has 8 rings (SSSR count). The van der Waals surface area contributed by atoms with Crippen molar-refractivity contribution in [3.8, 4) is 6.07 Å². The Bertz CT molecular complexity index is 932. The molecule has 12 atom stereocenters. The van der Waals surface area contributed by atoms with Crippen LogP contribution in [0, 0.1) is 82.3 Å². The van der Waals surface area contributed by atoms with E-state index in [-0.39, 0.29) is 0 Å². The fraction of sp³-hybridized carbons (Fsp3) is 0.953. The standard InChI is InChI=1S/C11H17N.C11H18O2.C11H20.C10H18/c12-8-7-10-6-5-9-3-1-2-4-11(9)10;12-11(13)7-9-6-5-8-3-1-2-4-10(8)9;1-2-9-7-8-10-5-3-4-6-11(9)10;1-8-6-7-9-4-2-3-5-10(8)9/h9-11H,1-7H2;8-10H,1-7H2,(H,12,13);9-11H,2-8H2,1H3;8-10H,2-7H2,1H3. The molecule has 1 N–H and O–H groups in total. The third-order valence-corrected chi connectivity index (χ3v) is 15.5. The van der Waals surface area contributed by atoms with Crippen molar-refractivity contribution in [3.05, 3.63) is 0 Å². The van der Waals surface area contributed by atoms with Crippen LogP contribution in [0.4, 0.5) is 0 Å². The molecule has 0 aromatic carbocycles. The van der Waals surface area contributed by atoms with E-state index in [1.54, 1.807) is 44.9 Å². The quantitative estimate of drug-likeness (QED) is 0.334. The zero-order valence-electron chi connectivity index (χ0n) is 30.3. The summed E-state index contributed by atoms with van der Waals surface area (Å²) in [5, 5.41) is 17.4. The number of fused-ring (bicyclic) bond motifs is 4. The van der Waals surface area contributed by atoms with Crippen LogP contribution in [0.15, 0.2) is 0 Å². The summed E-state index contributed by atoms with van der Waals surface area (Å²) in [6.45, 7) is 4.83. The van der Waals surface area contributed by atoms with E-state index in [1.165, 1.54) is 116 Å². The molecule has 0 heterocycles. The maximum atomic E-state index is 10.6. The number of carboxylic acids is 1. The van der Waals surface area contributed by atoms with Gasteiger partial charge in [0.1, 0.15) is 0 Å². The summed E-state index contributed by atoms with van der Waals surface area (Å²) in [7, 11) is 0. The molecule has 0 amide bonds. The molecule has 12 unspecified atom stereocenters. The van der Waals surface area contributed by atoms with E-state index < -0.39 is 5.97 Å². The van der Waals surface area contributed by atoms with Crippen molar-refractivity contribution in [1.82, 2.24) is 0 Å². The lowest BCUT2D eigenvalue weighted by Crippen LogP contribution is -2.20. The Kier molecular flexibility index (Phi) is 14.7. The fourth-order valence-corrected chi connectivity index (χ4v) is 13.0. The molecule has 3 heteroatoms. The first-order valence-electron chi connectivity index (χ1n) is 21.1. The summed E-state index contributed by atoms with van der Waals surface area (Å²) in [5.74, 6) is 11.0. The van der Waals surface area contributed by atoms with Crippen LogP contribution in [0.25, 0.3) is 0 Å². The van der Waals surface area contributed by atoms with E-state index in [4.69, 9.17) is 10.4 Å². The van der Waals surface area contributed by atoms with Crippen LogP contribution in [0.1, 0.15) is 187 Å².